The van der Waals surface area contributed by atoms with Crippen LogP contribution in [0.15, 0.2) is 11.6 Å². The number of carbonyl (C=O) groups excluding carboxylic acids is 2. The Hall–Kier alpha value is -3.13. The van der Waals surface area contributed by atoms with Crippen LogP contribution in [0.5, 0.6) is 0 Å². The largest absolute Gasteiger partial charge is 0.479 e. The molecule has 4 saturated carbocycles. The number of carbonyl (C=O) groups is 3. The molecule has 42 nitrogen and oxygen atoms in total. The van der Waals surface area contributed by atoms with Crippen molar-refractivity contribution in [3.8, 4) is 0 Å². The number of carboxylic acid groups (broad SMARTS) is 1. The zero-order valence-electron chi connectivity index (χ0n) is 66.4. The van der Waals surface area contributed by atoms with Crippen LogP contribution < -0.4 is 0 Å². The third-order valence-corrected chi connectivity index (χ3v) is 29.0. The Morgan fingerprint density at radius 3 is 1.42 bits per heavy atom. The minimum Gasteiger partial charge on any atom is -0.479 e. The number of rotatable bonds is 21. The van der Waals surface area contributed by atoms with Gasteiger partial charge in [0.1, 0.15) is 170 Å². The lowest BCUT2D eigenvalue weighted by molar-refractivity contribution is -0.400. The Kier molecular flexibility index (Phi) is 27.6. The summed E-state index contributed by atoms with van der Waals surface area (Å²) in [5.74, 6) is -4.48. The summed E-state index contributed by atoms with van der Waals surface area (Å²) in [7, 11) is 0. The van der Waals surface area contributed by atoms with Gasteiger partial charge in [-0.2, -0.15) is 0 Å². The van der Waals surface area contributed by atoms with E-state index in [2.05, 4.69) is 19.9 Å². The van der Waals surface area contributed by atoms with Crippen molar-refractivity contribution in [2.24, 2.45) is 50.2 Å². The molecule has 8 aliphatic heterocycles. The van der Waals surface area contributed by atoms with Crippen LogP contribution >= 0.6 is 0 Å². The first kappa shape index (κ1) is 92.5. The fourth-order valence-corrected chi connectivity index (χ4v) is 21.7. The standard InChI is InChI=1S/C76H120O42/c1-25-54(111-64-48(94)43(89)40(86)31(19-77)107-64)51(97)59(116-67-53(99)57(114-65-49(95)44(90)41(87)32(20-78)108-65)55(26(2)105-67)112-62-46(92)38(84)29(81)22-103-62)68(106-25)118-70(102)76-16-15-71(3,4)17-28(76)27-9-10-35-72(5)13-12-37(73(6,24-80)34(72)11-14-74(35,7)75(27,8)18-36(76)83)110-69-60(117-66-50(96)45(91)42(88)33(21-79)109-66)56(52(98)58(115-69)61(100)101)113-63-47(93)39(85)30(82)23-104-63/h9,24-26,28-60,62-69,77-79,81-99H,10-23H2,1-8H3,(H,100,101)/t25-,26+,28+,29-,30-,31-,32-,33-,34-,35-,36-,37+,38+,39+,40+,41-,42+,43+,44+,45+,46-,47-,48-,49-,50-,51+,52+,53-,54+,55+,56+,57+,58+,59-,60-,62+,63+,64-,65+,66+,67+,68+,69-,72+,73+,74-,75-,76-/m1/s1. The first-order chi connectivity index (χ1) is 55.4. The van der Waals surface area contributed by atoms with Gasteiger partial charge in [-0.1, -0.05) is 53.2 Å². The lowest BCUT2D eigenvalue weighted by atomic mass is 9.33. The van der Waals surface area contributed by atoms with E-state index in [4.69, 9.17) is 75.8 Å². The minimum absolute atomic E-state index is 0.00769. The Morgan fingerprint density at radius 1 is 0.441 bits per heavy atom. The summed E-state index contributed by atoms with van der Waals surface area (Å²) in [6, 6.07) is 0. The van der Waals surface area contributed by atoms with Crippen LogP contribution in [-0.2, 0) is 90.2 Å². The predicted octanol–water partition coefficient (Wildman–Crippen LogP) is -9.16. The van der Waals surface area contributed by atoms with Crippen LogP contribution in [0, 0.1) is 50.2 Å². The second kappa shape index (κ2) is 35.2. The van der Waals surface area contributed by atoms with Crippen LogP contribution in [0.2, 0.25) is 0 Å². The fraction of sp³-hybridized carbons (Fsp3) is 0.934. The maximum atomic E-state index is 16.3. The lowest BCUT2D eigenvalue weighted by Crippen LogP contribution is -2.69. The molecule has 0 aromatic rings. The van der Waals surface area contributed by atoms with E-state index < -0.39 is 335 Å². The van der Waals surface area contributed by atoms with E-state index in [1.54, 1.807) is 6.92 Å². The van der Waals surface area contributed by atoms with E-state index in [0.717, 1.165) is 11.9 Å². The molecule has 12 fully saturated rings. The van der Waals surface area contributed by atoms with Crippen molar-refractivity contribution in [3.63, 3.8) is 0 Å². The Bertz CT molecular complexity index is 3470. The molecule has 23 N–H and O–H groups in total. The molecule has 13 rings (SSSR count). The molecule has 5 aliphatic carbocycles. The molecule has 676 valence electrons. The second-order valence-corrected chi connectivity index (χ2v) is 36.4. The first-order valence-corrected chi connectivity index (χ1v) is 40.5. The summed E-state index contributed by atoms with van der Waals surface area (Å²) in [5, 5.41) is 255. The lowest BCUT2D eigenvalue weighted by Gasteiger charge is -2.71. The van der Waals surface area contributed by atoms with Gasteiger partial charge < -0.3 is 198 Å². The van der Waals surface area contributed by atoms with Gasteiger partial charge in [-0.25, -0.2) is 4.79 Å². The van der Waals surface area contributed by atoms with Gasteiger partial charge in [0.25, 0.3) is 0 Å². The molecule has 48 atom stereocenters. The van der Waals surface area contributed by atoms with Gasteiger partial charge in [0.2, 0.25) is 6.29 Å². The van der Waals surface area contributed by atoms with E-state index in [-0.39, 0.29) is 25.2 Å². The van der Waals surface area contributed by atoms with Crippen molar-refractivity contribution >= 4 is 18.2 Å². The van der Waals surface area contributed by atoms with E-state index in [1.807, 2.05) is 20.8 Å². The number of allylic oxidation sites excluding steroid dienone is 2. The molecule has 0 amide bonds. The summed E-state index contributed by atoms with van der Waals surface area (Å²) >= 11 is 0. The summed E-state index contributed by atoms with van der Waals surface area (Å²) in [4.78, 5) is 43.8. The molecule has 0 bridgehead atoms. The van der Waals surface area contributed by atoms with E-state index in [1.165, 1.54) is 13.8 Å². The molecule has 0 spiro atoms. The minimum atomic E-state index is -2.26. The number of aliphatic hydroxyl groups excluding tert-OH is 22. The highest BCUT2D eigenvalue weighted by Crippen LogP contribution is 2.76. The molecule has 13 aliphatic rings. The maximum absolute atomic E-state index is 16.3. The normalized spacial score (nSPS) is 54.9. The summed E-state index contributed by atoms with van der Waals surface area (Å²) in [5.41, 5.74) is -5.52. The average Bonchev–Trinajstić information content (AvgIpc) is 0.668. The van der Waals surface area contributed by atoms with Crippen molar-refractivity contribution in [1.82, 2.24) is 0 Å². The topological polar surface area (TPSA) is 664 Å². The van der Waals surface area contributed by atoms with Gasteiger partial charge in [0.15, 0.2) is 56.2 Å². The third kappa shape index (κ3) is 16.0. The quantitative estimate of drug-likeness (QED) is 0.0220. The molecule has 8 heterocycles. The van der Waals surface area contributed by atoms with Crippen LogP contribution in [0.1, 0.15) is 113 Å². The van der Waals surface area contributed by atoms with Crippen molar-refractivity contribution in [3.05, 3.63) is 11.6 Å². The van der Waals surface area contributed by atoms with Gasteiger partial charge in [0, 0.05) is 0 Å². The number of aliphatic carboxylic acids is 1. The number of esters is 1. The molecule has 42 heteroatoms. The zero-order chi connectivity index (χ0) is 86.2. The summed E-state index contributed by atoms with van der Waals surface area (Å²) in [6.07, 6.45) is -70.8. The maximum Gasteiger partial charge on any atom is 0.335 e. The third-order valence-electron chi connectivity index (χ3n) is 29.0. The van der Waals surface area contributed by atoms with Gasteiger partial charge in [-0.3, -0.25) is 4.79 Å². The smallest absolute Gasteiger partial charge is 0.335 e. The van der Waals surface area contributed by atoms with Crippen LogP contribution in [0.3, 0.4) is 0 Å². The van der Waals surface area contributed by atoms with E-state index in [0.29, 0.717) is 38.5 Å². The zero-order valence-corrected chi connectivity index (χ0v) is 66.4. The summed E-state index contributed by atoms with van der Waals surface area (Å²) in [6.45, 7) is 10.7. The van der Waals surface area contributed by atoms with Crippen molar-refractivity contribution < 1.29 is 208 Å². The Balaban J connectivity index is 0.803. The second-order valence-electron chi connectivity index (χ2n) is 36.4. The van der Waals surface area contributed by atoms with Crippen molar-refractivity contribution in [1.29, 1.82) is 0 Å². The van der Waals surface area contributed by atoms with Gasteiger partial charge in [-0.15, -0.1) is 0 Å². The molecular weight excluding hydrogens is 1580 g/mol. The molecule has 0 radical (unpaired) electrons. The number of fused-ring (bicyclic) bond motifs is 7. The van der Waals surface area contributed by atoms with Crippen molar-refractivity contribution in [2.75, 3.05) is 33.0 Å². The molecule has 0 aromatic carbocycles. The Labute approximate surface area is 677 Å². The number of aldehydes is 1. The Morgan fingerprint density at radius 2 is 0.898 bits per heavy atom. The number of hydrogen-bond acceptors (Lipinski definition) is 41. The molecule has 8 saturated heterocycles. The molecule has 0 unspecified atom stereocenters. The molecule has 0 aromatic heterocycles. The summed E-state index contributed by atoms with van der Waals surface area (Å²) < 4.78 is 97.5. The van der Waals surface area contributed by atoms with Crippen molar-refractivity contribution in [2.45, 2.75) is 359 Å². The van der Waals surface area contributed by atoms with E-state index in [9.17, 15) is 127 Å². The van der Waals surface area contributed by atoms with Crippen LogP contribution in [0.25, 0.3) is 0 Å². The van der Waals surface area contributed by atoms with Gasteiger partial charge in [-0.05, 0) is 111 Å². The number of ether oxygens (including phenoxy) is 16. The number of aliphatic hydroxyl groups is 22. The highest BCUT2D eigenvalue weighted by molar-refractivity contribution is 5.80. The SMILES string of the molecule is C[C@@H]1O[C@@H](O[C@H]2[C@H](OC(=O)[C@]34CCC(C)(C)C[C@H]3C3=CC[C@@H]5[C@@]6(C)CC[C@H](O[C@@H]7O[C@H](C(=O)O)[C@@H](O)[C@H](O[C@@H]8OC[C@@H](O)[C@H](O)[C@H]8O)[C@H]7O[C@@H]7O[C@H](CO)[C@H](O)[C@H](O)[C@H]7O)[C@@](C)(C=O)[C@@H]6CC[C@@]5(C)[C@]3(C)C[C@H]4O)O[C@H](C)[C@H](O[C@H]3O[C@H](CO)[C@H](O)[C@H](O)[C@H]3O)[C@@H]2O)[C@H](O)[C@H](O[C@@H]2O[C@H](CO)[C@@H](O)[C@H](O)[C@H]2O)[C@H]1O[C@@H]1OC[C@@H](O)[C@H](O)[C@H]1O. The van der Waals surface area contributed by atoms with Crippen LogP contribution in [-0.4, -0.2) is 414 Å². The first-order valence-electron chi connectivity index (χ1n) is 40.5. The predicted molar refractivity (Wildman–Crippen MR) is 381 cm³/mol. The average molecular weight is 1710 g/mol. The van der Waals surface area contributed by atoms with Gasteiger partial charge in [0.05, 0.1) is 62.9 Å². The van der Waals surface area contributed by atoms with Crippen LogP contribution in [0.4, 0.5) is 0 Å². The fourth-order valence-electron chi connectivity index (χ4n) is 21.7. The van der Waals surface area contributed by atoms with Gasteiger partial charge >= 0.3 is 11.9 Å². The number of carboxylic acids is 1. The highest BCUT2D eigenvalue weighted by Gasteiger charge is 2.74. The monoisotopic (exact) mass is 1700 g/mol. The highest BCUT2D eigenvalue weighted by atomic mass is 16.8. The molecular formula is C76H120O42. The number of hydrogen-bond donors (Lipinski definition) is 23. The molecule has 118 heavy (non-hydrogen) atoms. The van der Waals surface area contributed by atoms with E-state index >= 15 is 4.79 Å².